The minimum atomic E-state index is -4.41. The van der Waals surface area contributed by atoms with Gasteiger partial charge in [-0.15, -0.1) is 0 Å². The summed E-state index contributed by atoms with van der Waals surface area (Å²) < 4.78 is 39.6. The molecule has 3 saturated carbocycles. The second-order valence-electron chi connectivity index (χ2n) is 11.4. The molecule has 1 aromatic rings. The monoisotopic (exact) mass is 465 g/mol. The van der Waals surface area contributed by atoms with E-state index < -0.39 is 30.0 Å². The zero-order chi connectivity index (χ0) is 24.2. The number of aliphatic hydroxyl groups excluding tert-OH is 2. The Labute approximate surface area is 195 Å². The molecule has 0 amide bonds. The van der Waals surface area contributed by atoms with Crippen LogP contribution in [0.15, 0.2) is 36.4 Å². The molecule has 0 heterocycles. The highest BCUT2D eigenvalue weighted by atomic mass is 19.4. The third kappa shape index (κ3) is 4.39. The Morgan fingerprint density at radius 1 is 1.12 bits per heavy atom. The second-order valence-corrected chi connectivity index (χ2v) is 11.4. The lowest BCUT2D eigenvalue weighted by atomic mass is 9.51. The standard InChI is InChI=1S/C27H38F3NO2/c1-16-7-8-21-24(33)22(10-12-25(16,21)2)26(3)11-9-20(32)14-19(26)15-23(31)17-5-4-6-18(13-17)27(28,29)30/h4-6,13,19-24,32-33H,1,7-12,14-15,31H2,2-3H3/t19-,20+,21?,22?,23?,24-,25+,26+/m1/s1. The van der Waals surface area contributed by atoms with Crippen LogP contribution in [0.5, 0.6) is 0 Å². The van der Waals surface area contributed by atoms with Crippen LogP contribution in [-0.4, -0.2) is 22.4 Å². The van der Waals surface area contributed by atoms with Crippen molar-refractivity contribution in [3.8, 4) is 0 Å². The summed E-state index contributed by atoms with van der Waals surface area (Å²) in [5.74, 6) is 0.317. The Balaban J connectivity index is 1.57. The molecule has 4 rings (SSSR count). The van der Waals surface area contributed by atoms with Crippen LogP contribution >= 0.6 is 0 Å². The molecule has 3 fully saturated rings. The summed E-state index contributed by atoms with van der Waals surface area (Å²) in [7, 11) is 0. The number of allylic oxidation sites excluding steroid dienone is 1. The molecule has 4 N–H and O–H groups in total. The smallest absolute Gasteiger partial charge is 0.393 e. The topological polar surface area (TPSA) is 66.5 Å². The number of hydrogen-bond acceptors (Lipinski definition) is 3. The minimum Gasteiger partial charge on any atom is -0.393 e. The normalized spacial score (nSPS) is 40.5. The molecule has 3 unspecified atom stereocenters. The van der Waals surface area contributed by atoms with E-state index in [1.165, 1.54) is 11.6 Å². The Morgan fingerprint density at radius 3 is 2.55 bits per heavy atom. The average molecular weight is 466 g/mol. The molecule has 0 bridgehead atoms. The number of rotatable bonds is 4. The van der Waals surface area contributed by atoms with Gasteiger partial charge in [-0.1, -0.05) is 38.1 Å². The number of alkyl halides is 3. The summed E-state index contributed by atoms with van der Waals surface area (Å²) in [6.07, 6.45) is 1.08. The van der Waals surface area contributed by atoms with E-state index in [4.69, 9.17) is 5.73 Å². The quantitative estimate of drug-likeness (QED) is 0.478. The lowest BCUT2D eigenvalue weighted by Gasteiger charge is -2.55. The van der Waals surface area contributed by atoms with Crippen molar-refractivity contribution in [2.45, 2.75) is 89.6 Å². The number of fused-ring (bicyclic) bond motifs is 1. The third-order valence-electron chi connectivity index (χ3n) is 9.72. The molecule has 33 heavy (non-hydrogen) atoms. The van der Waals surface area contributed by atoms with Crippen LogP contribution in [0.25, 0.3) is 0 Å². The van der Waals surface area contributed by atoms with Crippen molar-refractivity contribution in [1.29, 1.82) is 0 Å². The Hall–Kier alpha value is -1.37. The van der Waals surface area contributed by atoms with Crippen molar-refractivity contribution in [3.05, 3.63) is 47.5 Å². The summed E-state index contributed by atoms with van der Waals surface area (Å²) in [6.45, 7) is 8.73. The summed E-state index contributed by atoms with van der Waals surface area (Å²) in [5, 5.41) is 22.0. The van der Waals surface area contributed by atoms with Gasteiger partial charge in [-0.05, 0) is 97.6 Å². The first kappa shape index (κ1) is 24.7. The number of hydrogen-bond donors (Lipinski definition) is 3. The first-order valence-corrected chi connectivity index (χ1v) is 12.3. The first-order chi connectivity index (χ1) is 15.4. The van der Waals surface area contributed by atoms with Crippen molar-refractivity contribution >= 4 is 0 Å². The zero-order valence-corrected chi connectivity index (χ0v) is 19.7. The van der Waals surface area contributed by atoms with Gasteiger partial charge >= 0.3 is 6.18 Å². The van der Waals surface area contributed by atoms with Crippen LogP contribution in [-0.2, 0) is 6.18 Å². The predicted molar refractivity (Wildman–Crippen MR) is 123 cm³/mol. The van der Waals surface area contributed by atoms with E-state index in [2.05, 4.69) is 20.4 Å². The lowest BCUT2D eigenvalue weighted by Crippen LogP contribution is -2.53. The van der Waals surface area contributed by atoms with Crippen LogP contribution in [0.4, 0.5) is 13.2 Å². The molecule has 1 aromatic carbocycles. The van der Waals surface area contributed by atoms with Gasteiger partial charge in [0.1, 0.15) is 0 Å². The highest BCUT2D eigenvalue weighted by molar-refractivity contribution is 5.28. The zero-order valence-electron chi connectivity index (χ0n) is 19.7. The van der Waals surface area contributed by atoms with Crippen molar-refractivity contribution in [1.82, 2.24) is 0 Å². The van der Waals surface area contributed by atoms with Crippen molar-refractivity contribution in [2.75, 3.05) is 0 Å². The molecule has 0 aliphatic heterocycles. The molecule has 0 aromatic heterocycles. The molecule has 3 aliphatic carbocycles. The van der Waals surface area contributed by atoms with E-state index >= 15 is 0 Å². The van der Waals surface area contributed by atoms with Gasteiger partial charge in [0.15, 0.2) is 0 Å². The highest BCUT2D eigenvalue weighted by Crippen LogP contribution is 2.61. The molecule has 0 radical (unpaired) electrons. The third-order valence-corrected chi connectivity index (χ3v) is 9.72. The molecule has 0 spiro atoms. The summed E-state index contributed by atoms with van der Waals surface area (Å²) in [6, 6.07) is 4.72. The SMILES string of the molecule is C=C1CCC2[C@@H](O)C([C@@]3(C)CC[C@H](O)C[C@@H]3CC(N)c3cccc(C(F)(F)F)c3)CC[C@@]12C. The molecule has 6 heteroatoms. The van der Waals surface area contributed by atoms with Gasteiger partial charge in [0.25, 0.3) is 0 Å². The summed E-state index contributed by atoms with van der Waals surface area (Å²) in [5.41, 5.74) is 7.27. The van der Waals surface area contributed by atoms with Gasteiger partial charge in [0, 0.05) is 6.04 Å². The van der Waals surface area contributed by atoms with Gasteiger partial charge in [-0.25, -0.2) is 0 Å². The van der Waals surface area contributed by atoms with E-state index in [0.29, 0.717) is 24.8 Å². The first-order valence-electron chi connectivity index (χ1n) is 12.3. The highest BCUT2D eigenvalue weighted by Gasteiger charge is 2.56. The van der Waals surface area contributed by atoms with E-state index in [1.54, 1.807) is 6.07 Å². The van der Waals surface area contributed by atoms with Gasteiger partial charge < -0.3 is 15.9 Å². The van der Waals surface area contributed by atoms with E-state index in [1.807, 2.05) is 0 Å². The predicted octanol–water partition coefficient (Wildman–Crippen LogP) is 6.01. The lowest BCUT2D eigenvalue weighted by molar-refractivity contribution is -0.137. The Kier molecular flexibility index (Phi) is 6.52. The largest absolute Gasteiger partial charge is 0.416 e. The maximum absolute atomic E-state index is 13.2. The Bertz CT molecular complexity index is 886. The van der Waals surface area contributed by atoms with Gasteiger partial charge in [-0.2, -0.15) is 13.2 Å². The minimum absolute atomic E-state index is 0.00953. The van der Waals surface area contributed by atoms with Crippen LogP contribution in [0.3, 0.4) is 0 Å². The molecular weight excluding hydrogens is 427 g/mol. The van der Waals surface area contributed by atoms with Crippen LogP contribution < -0.4 is 5.73 Å². The second kappa shape index (κ2) is 8.69. The number of benzene rings is 1. The number of halogens is 3. The van der Waals surface area contributed by atoms with Gasteiger partial charge in [-0.3, -0.25) is 0 Å². The summed E-state index contributed by atoms with van der Waals surface area (Å²) in [4.78, 5) is 0. The molecule has 8 atom stereocenters. The van der Waals surface area contributed by atoms with E-state index in [0.717, 1.165) is 44.2 Å². The van der Waals surface area contributed by atoms with Crippen molar-refractivity contribution < 1.29 is 23.4 Å². The molecule has 184 valence electrons. The number of aliphatic hydroxyl groups is 2. The van der Waals surface area contributed by atoms with Crippen molar-refractivity contribution in [3.63, 3.8) is 0 Å². The number of nitrogens with two attached hydrogens (primary N) is 1. The average Bonchev–Trinajstić information content (AvgIpc) is 3.06. The molecule has 3 nitrogen and oxygen atoms in total. The van der Waals surface area contributed by atoms with Gasteiger partial charge in [0.2, 0.25) is 0 Å². The maximum Gasteiger partial charge on any atom is 0.416 e. The van der Waals surface area contributed by atoms with Crippen LogP contribution in [0.1, 0.15) is 82.4 Å². The van der Waals surface area contributed by atoms with E-state index in [-0.39, 0.29) is 28.6 Å². The van der Waals surface area contributed by atoms with Gasteiger partial charge in [0.05, 0.1) is 17.8 Å². The molecule has 3 aliphatic rings. The summed E-state index contributed by atoms with van der Waals surface area (Å²) >= 11 is 0. The molecular formula is C27H38F3NO2. The fourth-order valence-corrected chi connectivity index (χ4v) is 7.37. The fourth-order valence-electron chi connectivity index (χ4n) is 7.37. The van der Waals surface area contributed by atoms with E-state index in [9.17, 15) is 23.4 Å². The Morgan fingerprint density at radius 2 is 1.85 bits per heavy atom. The molecule has 0 saturated heterocycles. The van der Waals surface area contributed by atoms with Crippen molar-refractivity contribution in [2.24, 2.45) is 34.3 Å². The van der Waals surface area contributed by atoms with Crippen LogP contribution in [0.2, 0.25) is 0 Å². The van der Waals surface area contributed by atoms with Crippen LogP contribution in [0, 0.1) is 28.6 Å². The maximum atomic E-state index is 13.2. The fraction of sp³-hybridized carbons (Fsp3) is 0.704.